The normalized spacial score (nSPS) is 15.9. The number of carbonyl (C=O) groups excluding carboxylic acids is 1. The van der Waals surface area contributed by atoms with E-state index in [9.17, 15) is 4.79 Å². The zero-order valence-corrected chi connectivity index (χ0v) is 14.4. The van der Waals surface area contributed by atoms with E-state index in [0.717, 1.165) is 36.3 Å². The zero-order chi connectivity index (χ0) is 17.8. The topological polar surface area (TPSA) is 71.8 Å². The van der Waals surface area contributed by atoms with Gasteiger partial charge >= 0.3 is 6.03 Å². The molecule has 1 aromatic heterocycles. The smallest absolute Gasteiger partial charge is 0.319 e. The fourth-order valence-corrected chi connectivity index (χ4v) is 3.31. The van der Waals surface area contributed by atoms with Gasteiger partial charge in [0.2, 0.25) is 0 Å². The summed E-state index contributed by atoms with van der Waals surface area (Å²) in [6.07, 6.45) is 4.05. The molecule has 2 N–H and O–H groups in total. The summed E-state index contributed by atoms with van der Waals surface area (Å²) >= 11 is 0. The van der Waals surface area contributed by atoms with E-state index in [1.165, 1.54) is 5.56 Å². The lowest BCUT2D eigenvalue weighted by Crippen LogP contribution is -2.43. The van der Waals surface area contributed by atoms with Crippen LogP contribution in [0.1, 0.15) is 23.4 Å². The van der Waals surface area contributed by atoms with Gasteiger partial charge in [-0.15, -0.1) is 0 Å². The van der Waals surface area contributed by atoms with Crippen LogP contribution >= 0.6 is 0 Å². The summed E-state index contributed by atoms with van der Waals surface area (Å²) < 4.78 is 1.86. The third kappa shape index (κ3) is 3.74. The minimum atomic E-state index is -0.181. The molecule has 1 atom stereocenters. The minimum Gasteiger partial charge on any atom is -0.333 e. The summed E-state index contributed by atoms with van der Waals surface area (Å²) in [5.41, 5.74) is 3.15. The van der Waals surface area contributed by atoms with Crippen LogP contribution in [0.15, 0.2) is 60.9 Å². The van der Waals surface area contributed by atoms with Crippen molar-refractivity contribution in [2.75, 3.05) is 5.32 Å². The van der Waals surface area contributed by atoms with Crippen molar-refractivity contribution in [2.24, 2.45) is 0 Å². The first-order chi connectivity index (χ1) is 12.8. The van der Waals surface area contributed by atoms with Crippen molar-refractivity contribution >= 4 is 11.7 Å². The summed E-state index contributed by atoms with van der Waals surface area (Å²) in [5, 5.41) is 10.2. The second-order valence-electron chi connectivity index (χ2n) is 6.51. The minimum absolute atomic E-state index is 0.0606. The molecule has 26 heavy (non-hydrogen) atoms. The number of carbonyl (C=O) groups is 1. The lowest BCUT2D eigenvalue weighted by atomic mass is 10.0. The van der Waals surface area contributed by atoms with Crippen LogP contribution in [0.4, 0.5) is 10.5 Å². The highest BCUT2D eigenvalue weighted by atomic mass is 16.2. The molecule has 3 aromatic rings. The van der Waals surface area contributed by atoms with Gasteiger partial charge < -0.3 is 10.6 Å². The fraction of sp³-hybridized carbons (Fsp3) is 0.250. The molecule has 1 aliphatic heterocycles. The van der Waals surface area contributed by atoms with Gasteiger partial charge in [0, 0.05) is 12.1 Å². The number of urea groups is 1. The molecule has 0 saturated heterocycles. The Morgan fingerprint density at radius 2 is 1.92 bits per heavy atom. The highest BCUT2D eigenvalue weighted by Gasteiger charge is 2.21. The van der Waals surface area contributed by atoms with Crippen LogP contribution in [-0.4, -0.2) is 26.8 Å². The molecule has 0 saturated carbocycles. The quantitative estimate of drug-likeness (QED) is 0.762. The number of amides is 2. The number of anilines is 1. The van der Waals surface area contributed by atoms with Crippen LogP contribution in [0.5, 0.6) is 0 Å². The number of para-hydroxylation sites is 1. The highest BCUT2D eigenvalue weighted by Crippen LogP contribution is 2.19. The van der Waals surface area contributed by atoms with Gasteiger partial charge in [-0.1, -0.05) is 48.5 Å². The van der Waals surface area contributed by atoms with Crippen molar-refractivity contribution in [3.05, 3.63) is 77.9 Å². The molecule has 2 amide bonds. The van der Waals surface area contributed by atoms with E-state index in [2.05, 4.69) is 32.8 Å². The number of benzene rings is 2. The van der Waals surface area contributed by atoms with Gasteiger partial charge in [-0.05, 0) is 30.0 Å². The molecular formula is C20H21N5O. The van der Waals surface area contributed by atoms with Gasteiger partial charge in [0.25, 0.3) is 0 Å². The molecule has 2 aromatic carbocycles. The van der Waals surface area contributed by atoms with Crippen LogP contribution < -0.4 is 10.6 Å². The maximum atomic E-state index is 12.5. The Morgan fingerprint density at radius 3 is 2.81 bits per heavy atom. The van der Waals surface area contributed by atoms with Gasteiger partial charge in [-0.3, -0.25) is 0 Å². The molecule has 1 unspecified atom stereocenters. The molecule has 0 bridgehead atoms. The maximum Gasteiger partial charge on any atom is 0.319 e. The molecule has 132 valence electrons. The maximum absolute atomic E-state index is 12.5. The van der Waals surface area contributed by atoms with Crippen molar-refractivity contribution < 1.29 is 4.79 Å². The summed E-state index contributed by atoms with van der Waals surface area (Å²) in [6.45, 7) is 0.661. The van der Waals surface area contributed by atoms with E-state index in [0.29, 0.717) is 6.54 Å². The van der Waals surface area contributed by atoms with Crippen molar-refractivity contribution in [3.63, 3.8) is 0 Å². The Labute approximate surface area is 152 Å². The molecule has 6 heteroatoms. The third-order valence-corrected chi connectivity index (χ3v) is 4.64. The summed E-state index contributed by atoms with van der Waals surface area (Å²) in [5.74, 6) is 0.983. The van der Waals surface area contributed by atoms with E-state index in [-0.39, 0.29) is 12.1 Å². The van der Waals surface area contributed by atoms with Crippen LogP contribution in [0.2, 0.25) is 0 Å². The lowest BCUT2D eigenvalue weighted by molar-refractivity contribution is 0.243. The van der Waals surface area contributed by atoms with Crippen molar-refractivity contribution in [3.8, 4) is 0 Å². The first kappa shape index (κ1) is 16.3. The van der Waals surface area contributed by atoms with Gasteiger partial charge in [0.05, 0.1) is 12.6 Å². The lowest BCUT2D eigenvalue weighted by Gasteiger charge is -2.24. The highest BCUT2D eigenvalue weighted by molar-refractivity contribution is 5.90. The predicted molar refractivity (Wildman–Crippen MR) is 100.0 cm³/mol. The molecule has 0 spiro atoms. The number of hydrogen-bond donors (Lipinski definition) is 2. The molecule has 4 rings (SSSR count). The molecular weight excluding hydrogens is 326 g/mol. The zero-order valence-electron chi connectivity index (χ0n) is 14.4. The predicted octanol–water partition coefficient (Wildman–Crippen LogP) is 3.01. The number of fused-ring (bicyclic) bond motifs is 1. The van der Waals surface area contributed by atoms with Crippen molar-refractivity contribution in [1.29, 1.82) is 0 Å². The number of nitrogens with one attached hydrogen (secondary N) is 2. The van der Waals surface area contributed by atoms with Crippen molar-refractivity contribution in [2.45, 2.75) is 31.8 Å². The third-order valence-electron chi connectivity index (χ3n) is 4.64. The Kier molecular flexibility index (Phi) is 4.64. The van der Waals surface area contributed by atoms with Gasteiger partial charge in [0.1, 0.15) is 12.2 Å². The molecule has 0 aliphatic carbocycles. The molecule has 6 nitrogen and oxygen atoms in total. The number of aromatic nitrogens is 3. The number of aryl methyl sites for hydroxylation is 1. The average Bonchev–Trinajstić information content (AvgIpc) is 3.12. The summed E-state index contributed by atoms with van der Waals surface area (Å²) in [6, 6.07) is 18.0. The molecule has 0 radical (unpaired) electrons. The first-order valence-corrected chi connectivity index (χ1v) is 8.84. The summed E-state index contributed by atoms with van der Waals surface area (Å²) in [4.78, 5) is 16.7. The number of rotatable bonds is 4. The van der Waals surface area contributed by atoms with E-state index in [4.69, 9.17) is 0 Å². The van der Waals surface area contributed by atoms with E-state index >= 15 is 0 Å². The van der Waals surface area contributed by atoms with E-state index < -0.39 is 0 Å². The van der Waals surface area contributed by atoms with E-state index in [1.807, 2.05) is 47.1 Å². The Balaban J connectivity index is 1.40. The monoisotopic (exact) mass is 347 g/mol. The number of nitrogens with zero attached hydrogens (tertiary/aromatic N) is 3. The van der Waals surface area contributed by atoms with Gasteiger partial charge in [-0.2, -0.15) is 5.10 Å². The largest absolute Gasteiger partial charge is 0.333 e. The number of hydrogen-bond acceptors (Lipinski definition) is 3. The Morgan fingerprint density at radius 1 is 1.12 bits per heavy atom. The van der Waals surface area contributed by atoms with Crippen LogP contribution in [0.25, 0.3) is 0 Å². The molecule has 1 aliphatic rings. The average molecular weight is 347 g/mol. The van der Waals surface area contributed by atoms with Gasteiger partial charge in [-0.25, -0.2) is 14.5 Å². The van der Waals surface area contributed by atoms with Crippen LogP contribution in [0.3, 0.4) is 0 Å². The van der Waals surface area contributed by atoms with E-state index in [1.54, 1.807) is 6.33 Å². The second kappa shape index (κ2) is 7.39. The summed E-state index contributed by atoms with van der Waals surface area (Å²) in [7, 11) is 0. The SMILES string of the molecule is O=C(Nc1ccccc1Cc1ccccc1)NC1CCc2ncnn2C1. The molecule has 2 heterocycles. The fourth-order valence-electron chi connectivity index (χ4n) is 3.31. The van der Waals surface area contributed by atoms with Crippen molar-refractivity contribution in [1.82, 2.24) is 20.1 Å². The standard InChI is InChI=1S/C20H21N5O/c26-20(23-17-10-11-19-21-14-22-25(19)13-17)24-18-9-5-4-8-16(18)12-15-6-2-1-3-7-15/h1-9,14,17H,10-13H2,(H2,23,24,26). The second-order valence-corrected chi connectivity index (χ2v) is 6.51. The first-order valence-electron chi connectivity index (χ1n) is 8.84. The van der Waals surface area contributed by atoms with Crippen LogP contribution in [0, 0.1) is 0 Å². The van der Waals surface area contributed by atoms with Crippen LogP contribution in [-0.2, 0) is 19.4 Å². The Bertz CT molecular complexity index is 890. The van der Waals surface area contributed by atoms with Gasteiger partial charge in [0.15, 0.2) is 0 Å². The Hall–Kier alpha value is -3.15. The molecule has 0 fully saturated rings.